The van der Waals surface area contributed by atoms with Crippen molar-refractivity contribution in [3.05, 3.63) is 29.6 Å². The number of halogens is 1. The van der Waals surface area contributed by atoms with E-state index in [-0.39, 0.29) is 12.5 Å². The Labute approximate surface area is 74.6 Å². The van der Waals surface area contributed by atoms with E-state index in [0.29, 0.717) is 10.7 Å². The molecule has 0 aliphatic carbocycles. The van der Waals surface area contributed by atoms with Crippen molar-refractivity contribution in [2.24, 2.45) is 0 Å². The Hall–Kier alpha value is -1.29. The number of carbonyl (C=O) groups is 1. The summed E-state index contributed by atoms with van der Waals surface area (Å²) in [5.74, 6) is -0.241. The summed E-state index contributed by atoms with van der Waals surface area (Å²) in [6.07, 6.45) is 1.50. The van der Waals surface area contributed by atoms with Crippen LogP contribution >= 0.6 is 11.6 Å². The van der Waals surface area contributed by atoms with Crippen molar-refractivity contribution in [1.82, 2.24) is 15.5 Å². The normalized spacial score (nSPS) is 9.42. The largest absolute Gasteiger partial charge is 0.346 e. The number of H-pyrrole nitrogens is 1. The number of amides is 1. The van der Waals surface area contributed by atoms with Crippen LogP contribution in [0.2, 0.25) is 0 Å². The molecule has 2 N–H and O–H groups in total. The molecule has 5 heteroatoms. The maximum atomic E-state index is 11.1. The van der Waals surface area contributed by atoms with Gasteiger partial charge in [-0.3, -0.25) is 9.89 Å². The van der Waals surface area contributed by atoms with Gasteiger partial charge in [-0.15, -0.1) is 0 Å². The quantitative estimate of drug-likeness (QED) is 0.735. The number of nitrogens with one attached hydrogen (secondary N) is 2. The number of nitrogens with zero attached hydrogens (tertiary/aromatic N) is 1. The highest BCUT2D eigenvalue weighted by Crippen LogP contribution is 1.95. The highest BCUT2D eigenvalue weighted by molar-refractivity contribution is 6.29. The van der Waals surface area contributed by atoms with Crippen LogP contribution in [0.3, 0.4) is 0 Å². The van der Waals surface area contributed by atoms with E-state index in [9.17, 15) is 4.79 Å². The van der Waals surface area contributed by atoms with E-state index in [2.05, 4.69) is 22.1 Å². The van der Waals surface area contributed by atoms with Gasteiger partial charge in [-0.2, -0.15) is 5.10 Å². The van der Waals surface area contributed by atoms with Crippen LogP contribution in [-0.4, -0.2) is 22.6 Å². The van der Waals surface area contributed by atoms with Gasteiger partial charge in [0.25, 0.3) is 5.91 Å². The third-order valence-corrected chi connectivity index (χ3v) is 1.32. The van der Waals surface area contributed by atoms with E-state index in [1.807, 2.05) is 0 Å². The van der Waals surface area contributed by atoms with Crippen LogP contribution < -0.4 is 5.32 Å². The van der Waals surface area contributed by atoms with Gasteiger partial charge in [0, 0.05) is 11.2 Å². The van der Waals surface area contributed by atoms with Crippen LogP contribution in [0.1, 0.15) is 10.5 Å². The molecule has 0 aliphatic heterocycles. The zero-order chi connectivity index (χ0) is 8.97. The van der Waals surface area contributed by atoms with Gasteiger partial charge in [0.15, 0.2) is 0 Å². The second kappa shape index (κ2) is 3.92. The van der Waals surface area contributed by atoms with E-state index < -0.39 is 0 Å². The van der Waals surface area contributed by atoms with Crippen molar-refractivity contribution in [3.8, 4) is 0 Å². The number of carbonyl (C=O) groups excluding carboxylic acids is 1. The van der Waals surface area contributed by atoms with E-state index in [4.69, 9.17) is 11.6 Å². The van der Waals surface area contributed by atoms with Crippen molar-refractivity contribution >= 4 is 17.5 Å². The van der Waals surface area contributed by atoms with Crippen molar-refractivity contribution in [2.75, 3.05) is 6.54 Å². The predicted octanol–water partition coefficient (Wildman–Crippen LogP) is 0.892. The summed E-state index contributed by atoms with van der Waals surface area (Å²) in [6.45, 7) is 3.70. The molecular weight excluding hydrogens is 178 g/mol. The lowest BCUT2D eigenvalue weighted by atomic mass is 10.4. The molecule has 0 aliphatic rings. The molecule has 0 saturated heterocycles. The first kappa shape index (κ1) is 8.80. The van der Waals surface area contributed by atoms with E-state index in [1.54, 1.807) is 6.07 Å². The molecule has 0 saturated carbocycles. The van der Waals surface area contributed by atoms with Gasteiger partial charge in [0.2, 0.25) is 0 Å². The van der Waals surface area contributed by atoms with E-state index in [1.165, 1.54) is 6.20 Å². The highest BCUT2D eigenvalue weighted by atomic mass is 35.5. The molecule has 0 spiro atoms. The number of hydrogen-bond acceptors (Lipinski definition) is 2. The third kappa shape index (κ3) is 2.39. The monoisotopic (exact) mass is 185 g/mol. The standard InChI is InChI=1S/C7H8ClN3O/c1-5(8)4-9-7(12)6-2-3-10-11-6/h2-3H,1,4H2,(H,9,12)(H,10,11). The molecule has 1 aromatic rings. The lowest BCUT2D eigenvalue weighted by Gasteiger charge is -1.99. The van der Waals surface area contributed by atoms with Crippen molar-refractivity contribution in [2.45, 2.75) is 0 Å². The Morgan fingerprint density at radius 3 is 3.08 bits per heavy atom. The molecule has 0 aromatic carbocycles. The fourth-order valence-electron chi connectivity index (χ4n) is 0.654. The van der Waals surface area contributed by atoms with Crippen molar-refractivity contribution < 1.29 is 4.79 Å². The van der Waals surface area contributed by atoms with Gasteiger partial charge in [0.05, 0.1) is 6.54 Å². The molecular formula is C7H8ClN3O. The molecule has 4 nitrogen and oxygen atoms in total. The first-order valence-electron chi connectivity index (χ1n) is 3.31. The maximum absolute atomic E-state index is 11.1. The molecule has 0 unspecified atom stereocenters. The Morgan fingerprint density at radius 2 is 2.58 bits per heavy atom. The molecule has 0 radical (unpaired) electrons. The van der Waals surface area contributed by atoms with Gasteiger partial charge in [0.1, 0.15) is 5.69 Å². The highest BCUT2D eigenvalue weighted by Gasteiger charge is 2.04. The summed E-state index contributed by atoms with van der Waals surface area (Å²) in [5, 5.41) is 9.09. The molecule has 1 aromatic heterocycles. The van der Waals surface area contributed by atoms with Gasteiger partial charge in [-0.25, -0.2) is 0 Å². The average Bonchev–Trinajstić information content (AvgIpc) is 2.51. The maximum Gasteiger partial charge on any atom is 0.269 e. The van der Waals surface area contributed by atoms with Gasteiger partial charge in [-0.1, -0.05) is 18.2 Å². The fraction of sp³-hybridized carbons (Fsp3) is 0.143. The van der Waals surface area contributed by atoms with Crippen molar-refractivity contribution in [3.63, 3.8) is 0 Å². The molecule has 12 heavy (non-hydrogen) atoms. The summed E-state index contributed by atoms with van der Waals surface area (Å²) < 4.78 is 0. The Balaban J connectivity index is 2.45. The summed E-state index contributed by atoms with van der Waals surface area (Å²) in [6, 6.07) is 1.58. The van der Waals surface area contributed by atoms with Crippen LogP contribution in [0.15, 0.2) is 23.9 Å². The SMILES string of the molecule is C=C(Cl)CNC(=O)c1ccn[nH]1. The average molecular weight is 186 g/mol. The van der Waals surface area contributed by atoms with E-state index in [0.717, 1.165) is 0 Å². The van der Waals surface area contributed by atoms with Crippen LogP contribution in [0.25, 0.3) is 0 Å². The first-order valence-corrected chi connectivity index (χ1v) is 3.69. The minimum Gasteiger partial charge on any atom is -0.346 e. The summed E-state index contributed by atoms with van der Waals surface area (Å²) in [7, 11) is 0. The zero-order valence-electron chi connectivity index (χ0n) is 6.30. The topological polar surface area (TPSA) is 57.8 Å². The first-order chi connectivity index (χ1) is 5.70. The molecule has 1 rings (SSSR count). The Morgan fingerprint density at radius 1 is 1.83 bits per heavy atom. The number of aromatic amines is 1. The second-order valence-corrected chi connectivity index (χ2v) is 2.70. The zero-order valence-corrected chi connectivity index (χ0v) is 7.06. The number of rotatable bonds is 3. The molecule has 1 amide bonds. The Bertz CT molecular complexity index is 281. The molecule has 0 fully saturated rings. The molecule has 64 valence electrons. The smallest absolute Gasteiger partial charge is 0.269 e. The summed E-state index contributed by atoms with van der Waals surface area (Å²) >= 11 is 5.45. The molecule has 1 heterocycles. The fourth-order valence-corrected chi connectivity index (χ4v) is 0.721. The lowest BCUT2D eigenvalue weighted by Crippen LogP contribution is -2.24. The van der Waals surface area contributed by atoms with Crippen LogP contribution in [-0.2, 0) is 0 Å². The van der Waals surface area contributed by atoms with Gasteiger partial charge < -0.3 is 5.32 Å². The number of aromatic nitrogens is 2. The predicted molar refractivity (Wildman–Crippen MR) is 45.9 cm³/mol. The van der Waals surface area contributed by atoms with E-state index >= 15 is 0 Å². The van der Waals surface area contributed by atoms with Gasteiger partial charge in [-0.05, 0) is 6.07 Å². The van der Waals surface area contributed by atoms with Crippen molar-refractivity contribution in [1.29, 1.82) is 0 Å². The summed E-state index contributed by atoms with van der Waals surface area (Å²) in [5.41, 5.74) is 0.410. The van der Waals surface area contributed by atoms with Crippen LogP contribution in [0, 0.1) is 0 Å². The molecule has 0 bridgehead atoms. The number of hydrogen-bond donors (Lipinski definition) is 2. The molecule has 0 atom stereocenters. The van der Waals surface area contributed by atoms with Crippen LogP contribution in [0.5, 0.6) is 0 Å². The second-order valence-electron chi connectivity index (χ2n) is 2.17. The van der Waals surface area contributed by atoms with Gasteiger partial charge >= 0.3 is 0 Å². The van der Waals surface area contributed by atoms with Crippen LogP contribution in [0.4, 0.5) is 0 Å². The minimum atomic E-state index is -0.241. The summed E-state index contributed by atoms with van der Waals surface area (Å²) in [4.78, 5) is 11.1. The third-order valence-electron chi connectivity index (χ3n) is 1.19. The Kier molecular flexibility index (Phi) is 2.88. The minimum absolute atomic E-state index is 0.241. The lowest BCUT2D eigenvalue weighted by molar-refractivity contribution is 0.0952.